The van der Waals surface area contributed by atoms with E-state index < -0.39 is 0 Å². The van der Waals surface area contributed by atoms with E-state index in [2.05, 4.69) is 29.2 Å². The summed E-state index contributed by atoms with van der Waals surface area (Å²) in [7, 11) is 0. The summed E-state index contributed by atoms with van der Waals surface area (Å²) in [6.07, 6.45) is 0. The molecule has 0 amide bonds. The zero-order valence-electron chi connectivity index (χ0n) is 23.5. The van der Waals surface area contributed by atoms with Crippen molar-refractivity contribution in [1.29, 1.82) is 0 Å². The fourth-order valence-electron chi connectivity index (χ4n) is 6.26. The third kappa shape index (κ3) is 3.79. The molecule has 9 rings (SSSR count). The van der Waals surface area contributed by atoms with Gasteiger partial charge in [-0.1, -0.05) is 115 Å². The van der Waals surface area contributed by atoms with Gasteiger partial charge in [0.05, 0.1) is 5.69 Å². The molecule has 0 saturated carbocycles. The Hall–Kier alpha value is -5.95. The van der Waals surface area contributed by atoms with E-state index in [-0.39, 0.29) is 6.71 Å². The standard InChI is InChI=1S/C37H23BN4O2/c1-4-14-24(15-5-1)33-39-34(25-16-6-2-7-17-25)41-37(40-33)38-31-27-20-10-12-22-29(27)43-35(31)42(26-18-8-3-9-19-26)36-32(38)28-21-11-13-23-30(28)44-36/h1-23H. The SMILES string of the molecule is c1ccc(-c2nc(B3c4c(oc5ccccc45)N(c4ccccc4)c4oc5ccccc5c43)nc(-c3ccccc3)n2)cc1. The highest BCUT2D eigenvalue weighted by molar-refractivity contribution is 6.99. The fourth-order valence-corrected chi connectivity index (χ4v) is 6.26. The van der Waals surface area contributed by atoms with Crippen molar-refractivity contribution < 1.29 is 8.83 Å². The van der Waals surface area contributed by atoms with Gasteiger partial charge >= 0.3 is 6.71 Å². The smallest absolute Gasteiger partial charge is 0.304 e. The van der Waals surface area contributed by atoms with Gasteiger partial charge in [-0.25, -0.2) is 15.0 Å². The second-order valence-corrected chi connectivity index (χ2v) is 10.8. The monoisotopic (exact) mass is 566 g/mol. The summed E-state index contributed by atoms with van der Waals surface area (Å²) in [6, 6.07) is 46.6. The van der Waals surface area contributed by atoms with Crippen LogP contribution in [0.2, 0.25) is 0 Å². The lowest BCUT2D eigenvalue weighted by atomic mass is 9.38. The van der Waals surface area contributed by atoms with Crippen LogP contribution in [0.25, 0.3) is 44.7 Å². The second kappa shape index (κ2) is 9.82. The molecule has 0 spiro atoms. The van der Waals surface area contributed by atoms with E-state index in [4.69, 9.17) is 23.8 Å². The Kier molecular flexibility index (Phi) is 5.50. The molecule has 6 nitrogen and oxygen atoms in total. The summed E-state index contributed by atoms with van der Waals surface area (Å²) < 4.78 is 13.4. The van der Waals surface area contributed by atoms with Crippen molar-refractivity contribution in [2.24, 2.45) is 0 Å². The minimum Gasteiger partial charge on any atom is -0.440 e. The van der Waals surface area contributed by atoms with Gasteiger partial charge in [-0.05, 0) is 24.3 Å². The molecule has 4 heterocycles. The van der Waals surface area contributed by atoms with Crippen molar-refractivity contribution in [3.63, 3.8) is 0 Å². The summed E-state index contributed by atoms with van der Waals surface area (Å²) in [5.74, 6) is 2.61. The molecular formula is C37H23BN4O2. The topological polar surface area (TPSA) is 68.2 Å². The predicted octanol–water partition coefficient (Wildman–Crippen LogP) is 7.00. The Balaban J connectivity index is 1.40. The zero-order valence-corrected chi connectivity index (χ0v) is 23.5. The Morgan fingerprint density at radius 2 is 0.886 bits per heavy atom. The number of nitrogens with zero attached hydrogens (tertiary/aromatic N) is 4. The maximum atomic E-state index is 6.69. The lowest BCUT2D eigenvalue weighted by Gasteiger charge is -2.29. The zero-order chi connectivity index (χ0) is 29.0. The maximum absolute atomic E-state index is 6.69. The molecular weight excluding hydrogens is 543 g/mol. The van der Waals surface area contributed by atoms with E-state index >= 15 is 0 Å². The van der Waals surface area contributed by atoms with Crippen molar-refractivity contribution >= 4 is 62.8 Å². The van der Waals surface area contributed by atoms with Gasteiger partial charge in [-0.2, -0.15) is 0 Å². The molecule has 0 unspecified atom stereocenters. The summed E-state index contributed by atoms with van der Waals surface area (Å²) in [4.78, 5) is 17.4. The number of aromatic nitrogens is 3. The Bertz CT molecular complexity index is 2160. The van der Waals surface area contributed by atoms with Crippen LogP contribution in [0.15, 0.2) is 148 Å². The molecule has 8 aromatic rings. The van der Waals surface area contributed by atoms with Crippen LogP contribution in [0.5, 0.6) is 0 Å². The average molecular weight is 566 g/mol. The lowest BCUT2D eigenvalue weighted by Crippen LogP contribution is -2.58. The third-order valence-corrected chi connectivity index (χ3v) is 8.20. The molecule has 206 valence electrons. The van der Waals surface area contributed by atoms with Gasteiger partial charge in [-0.3, -0.25) is 4.90 Å². The Morgan fingerprint density at radius 3 is 1.39 bits per heavy atom. The molecule has 44 heavy (non-hydrogen) atoms. The molecule has 0 radical (unpaired) electrons. The minimum atomic E-state index is -0.389. The van der Waals surface area contributed by atoms with E-state index in [0.29, 0.717) is 29.1 Å². The molecule has 3 aromatic heterocycles. The van der Waals surface area contributed by atoms with Crippen LogP contribution in [-0.4, -0.2) is 21.7 Å². The van der Waals surface area contributed by atoms with E-state index in [9.17, 15) is 0 Å². The molecule has 0 bridgehead atoms. The minimum absolute atomic E-state index is 0.389. The first-order chi connectivity index (χ1) is 21.8. The first-order valence-corrected chi connectivity index (χ1v) is 14.6. The quantitative estimate of drug-likeness (QED) is 0.214. The molecule has 5 aromatic carbocycles. The number of rotatable bonds is 4. The summed E-state index contributed by atoms with van der Waals surface area (Å²) >= 11 is 0. The molecule has 0 N–H and O–H groups in total. The predicted molar refractivity (Wildman–Crippen MR) is 176 cm³/mol. The summed E-state index contributed by atoms with van der Waals surface area (Å²) in [6.45, 7) is -0.389. The molecule has 0 fully saturated rings. The van der Waals surface area contributed by atoms with Crippen molar-refractivity contribution in [2.75, 3.05) is 4.90 Å². The van der Waals surface area contributed by atoms with Crippen LogP contribution in [0.1, 0.15) is 0 Å². The van der Waals surface area contributed by atoms with Crippen LogP contribution < -0.4 is 21.5 Å². The van der Waals surface area contributed by atoms with Crippen LogP contribution in [0, 0.1) is 0 Å². The lowest BCUT2D eigenvalue weighted by molar-refractivity contribution is 0.585. The van der Waals surface area contributed by atoms with Gasteiger partial charge < -0.3 is 8.83 Å². The van der Waals surface area contributed by atoms with Gasteiger partial charge in [0, 0.05) is 32.8 Å². The number of fused-ring (bicyclic) bond motifs is 6. The Labute approximate surface area is 253 Å². The molecule has 1 aliphatic heterocycles. The number of hydrogen-bond acceptors (Lipinski definition) is 6. The third-order valence-electron chi connectivity index (χ3n) is 8.20. The molecule has 0 atom stereocenters. The van der Waals surface area contributed by atoms with E-state index in [1.54, 1.807) is 0 Å². The van der Waals surface area contributed by atoms with Crippen LogP contribution in [-0.2, 0) is 0 Å². The number of furan rings is 2. The summed E-state index contributed by atoms with van der Waals surface area (Å²) in [5, 5.41) is 2.01. The van der Waals surface area contributed by atoms with Crippen molar-refractivity contribution in [1.82, 2.24) is 15.0 Å². The number of para-hydroxylation sites is 3. The van der Waals surface area contributed by atoms with Crippen molar-refractivity contribution in [3.05, 3.63) is 140 Å². The highest BCUT2D eigenvalue weighted by atomic mass is 16.4. The van der Waals surface area contributed by atoms with E-state index in [1.165, 1.54) is 0 Å². The van der Waals surface area contributed by atoms with Crippen molar-refractivity contribution in [3.8, 4) is 22.8 Å². The highest BCUT2D eigenvalue weighted by Gasteiger charge is 2.45. The van der Waals surface area contributed by atoms with E-state index in [0.717, 1.165) is 49.7 Å². The Morgan fingerprint density at radius 1 is 0.455 bits per heavy atom. The molecule has 0 aliphatic carbocycles. The van der Waals surface area contributed by atoms with Crippen molar-refractivity contribution in [2.45, 2.75) is 0 Å². The van der Waals surface area contributed by atoms with Gasteiger partial charge in [0.1, 0.15) is 16.9 Å². The van der Waals surface area contributed by atoms with Crippen LogP contribution in [0.4, 0.5) is 17.5 Å². The van der Waals surface area contributed by atoms with Crippen LogP contribution >= 0.6 is 0 Å². The maximum Gasteiger partial charge on any atom is 0.304 e. The second-order valence-electron chi connectivity index (χ2n) is 10.8. The molecule has 7 heteroatoms. The first-order valence-electron chi connectivity index (χ1n) is 14.6. The average Bonchev–Trinajstić information content (AvgIpc) is 3.67. The van der Waals surface area contributed by atoms with Crippen LogP contribution in [0.3, 0.4) is 0 Å². The highest BCUT2D eigenvalue weighted by Crippen LogP contribution is 2.41. The number of benzene rings is 5. The van der Waals surface area contributed by atoms with Gasteiger partial charge in [-0.15, -0.1) is 0 Å². The van der Waals surface area contributed by atoms with Gasteiger partial charge in [0.15, 0.2) is 11.6 Å². The van der Waals surface area contributed by atoms with Gasteiger partial charge in [0.25, 0.3) is 0 Å². The molecule has 0 saturated heterocycles. The number of hydrogen-bond donors (Lipinski definition) is 0. The van der Waals surface area contributed by atoms with Gasteiger partial charge in [0.2, 0.25) is 11.8 Å². The number of anilines is 3. The fraction of sp³-hybridized carbons (Fsp3) is 0. The molecule has 1 aliphatic rings. The normalized spacial score (nSPS) is 12.5. The van der Waals surface area contributed by atoms with E-state index in [1.807, 2.05) is 115 Å². The largest absolute Gasteiger partial charge is 0.440 e. The summed E-state index contributed by atoms with van der Waals surface area (Å²) in [5.41, 5.74) is 6.98. The first kappa shape index (κ1) is 24.6.